The topological polar surface area (TPSA) is 9.23 Å². The summed E-state index contributed by atoms with van der Waals surface area (Å²) < 4.78 is 5.44. The molecule has 0 aromatic rings. The van der Waals surface area contributed by atoms with Crippen molar-refractivity contribution in [3.05, 3.63) is 48.8 Å². The van der Waals surface area contributed by atoms with E-state index in [4.69, 9.17) is 4.74 Å². The molecular weight excluding hydrogens is 184 g/mol. The van der Waals surface area contributed by atoms with Crippen LogP contribution in [0, 0.1) is 0 Å². The van der Waals surface area contributed by atoms with Gasteiger partial charge in [-0.3, -0.25) is 0 Å². The van der Waals surface area contributed by atoms with Gasteiger partial charge in [0.25, 0.3) is 0 Å². The summed E-state index contributed by atoms with van der Waals surface area (Å²) in [7, 11) is 0. The van der Waals surface area contributed by atoms with Gasteiger partial charge in [-0.05, 0) is 19.1 Å². The summed E-state index contributed by atoms with van der Waals surface area (Å²) in [6, 6.07) is 0. The molecule has 0 amide bonds. The standard InChI is InChI=1S/C10H12O.2C2H6/c1-4-9-7-6-8(3)11-10(9)5-2;2*1-2/h4-8H,1-2H2,3H3;2*1-2H3. The average molecular weight is 208 g/mol. The van der Waals surface area contributed by atoms with E-state index in [-0.39, 0.29) is 6.10 Å². The van der Waals surface area contributed by atoms with Crippen molar-refractivity contribution < 1.29 is 4.74 Å². The summed E-state index contributed by atoms with van der Waals surface area (Å²) >= 11 is 0. The molecule has 1 nitrogen and oxygen atoms in total. The Hall–Kier alpha value is -1.24. The molecule has 0 saturated heterocycles. The fourth-order valence-corrected chi connectivity index (χ4v) is 0.964. The van der Waals surface area contributed by atoms with Gasteiger partial charge in [-0.2, -0.15) is 0 Å². The van der Waals surface area contributed by atoms with E-state index in [1.807, 2.05) is 46.8 Å². The number of ether oxygens (including phenoxy) is 1. The number of allylic oxidation sites excluding steroid dienone is 4. The van der Waals surface area contributed by atoms with Crippen molar-refractivity contribution in [3.63, 3.8) is 0 Å². The van der Waals surface area contributed by atoms with Crippen molar-refractivity contribution in [3.8, 4) is 0 Å². The Kier molecular flexibility index (Phi) is 11.7. The van der Waals surface area contributed by atoms with E-state index in [9.17, 15) is 0 Å². The predicted molar refractivity (Wildman–Crippen MR) is 69.8 cm³/mol. The van der Waals surface area contributed by atoms with Crippen molar-refractivity contribution in [1.82, 2.24) is 0 Å². The van der Waals surface area contributed by atoms with Crippen LogP contribution in [0.15, 0.2) is 48.8 Å². The zero-order valence-electron chi connectivity index (χ0n) is 10.7. The summed E-state index contributed by atoms with van der Waals surface area (Å²) in [5.74, 6) is 0.815. The molecule has 0 aromatic heterocycles. The minimum absolute atomic E-state index is 0.145. The third-order valence-corrected chi connectivity index (χ3v) is 1.55. The van der Waals surface area contributed by atoms with Gasteiger partial charge in [0.1, 0.15) is 11.9 Å². The van der Waals surface area contributed by atoms with Crippen LogP contribution in [0.1, 0.15) is 34.6 Å². The van der Waals surface area contributed by atoms with Gasteiger partial charge in [0.2, 0.25) is 0 Å². The molecular formula is C14H24O. The van der Waals surface area contributed by atoms with Crippen LogP contribution in [0.3, 0.4) is 0 Å². The Morgan fingerprint density at radius 1 is 1.13 bits per heavy atom. The molecule has 1 unspecified atom stereocenters. The second-order valence-corrected chi connectivity index (χ2v) is 2.41. The van der Waals surface area contributed by atoms with Crippen molar-refractivity contribution in [2.45, 2.75) is 40.7 Å². The number of hydrogen-bond acceptors (Lipinski definition) is 1. The van der Waals surface area contributed by atoms with E-state index in [0.29, 0.717) is 0 Å². The SMILES string of the molecule is C=CC1=C(C=C)OC(C)C=C1.CC.CC. The molecule has 0 spiro atoms. The van der Waals surface area contributed by atoms with Crippen molar-refractivity contribution in [2.24, 2.45) is 0 Å². The van der Waals surface area contributed by atoms with E-state index in [2.05, 4.69) is 13.2 Å². The molecule has 0 saturated carbocycles. The molecule has 0 aliphatic carbocycles. The van der Waals surface area contributed by atoms with Crippen molar-refractivity contribution in [1.29, 1.82) is 0 Å². The molecule has 0 radical (unpaired) electrons. The number of rotatable bonds is 2. The average Bonchev–Trinajstić information content (AvgIpc) is 2.34. The van der Waals surface area contributed by atoms with Crippen LogP contribution in [0.25, 0.3) is 0 Å². The molecule has 0 fully saturated rings. The smallest absolute Gasteiger partial charge is 0.126 e. The summed E-state index contributed by atoms with van der Waals surface area (Å²) in [5, 5.41) is 0. The van der Waals surface area contributed by atoms with Gasteiger partial charge in [0.05, 0.1) is 0 Å². The molecule has 1 heterocycles. The third-order valence-electron chi connectivity index (χ3n) is 1.55. The zero-order chi connectivity index (χ0) is 12.3. The van der Waals surface area contributed by atoms with Crippen LogP contribution in [0.4, 0.5) is 0 Å². The van der Waals surface area contributed by atoms with E-state index in [1.54, 1.807) is 12.2 Å². The lowest BCUT2D eigenvalue weighted by Crippen LogP contribution is -2.08. The van der Waals surface area contributed by atoms with Crippen LogP contribution < -0.4 is 0 Å². The van der Waals surface area contributed by atoms with E-state index in [0.717, 1.165) is 11.3 Å². The highest BCUT2D eigenvalue weighted by Crippen LogP contribution is 2.18. The van der Waals surface area contributed by atoms with E-state index < -0.39 is 0 Å². The fourth-order valence-electron chi connectivity index (χ4n) is 0.964. The van der Waals surface area contributed by atoms with Gasteiger partial charge in [-0.1, -0.05) is 53.0 Å². The second kappa shape index (κ2) is 10.8. The highest BCUT2D eigenvalue weighted by Gasteiger charge is 2.08. The Morgan fingerprint density at radius 2 is 1.67 bits per heavy atom. The van der Waals surface area contributed by atoms with E-state index >= 15 is 0 Å². The van der Waals surface area contributed by atoms with Crippen LogP contribution >= 0.6 is 0 Å². The molecule has 1 heteroatoms. The summed E-state index contributed by atoms with van der Waals surface area (Å²) in [5.41, 5.74) is 0.998. The molecule has 1 rings (SSSR count). The van der Waals surface area contributed by atoms with Crippen LogP contribution in [-0.2, 0) is 4.74 Å². The zero-order valence-corrected chi connectivity index (χ0v) is 10.7. The summed E-state index contributed by atoms with van der Waals surface area (Å²) in [6.07, 6.45) is 7.60. The third kappa shape index (κ3) is 5.95. The van der Waals surface area contributed by atoms with Gasteiger partial charge in [0, 0.05) is 5.57 Å². The van der Waals surface area contributed by atoms with Crippen LogP contribution in [0.5, 0.6) is 0 Å². The Morgan fingerprint density at radius 3 is 2.07 bits per heavy atom. The molecule has 86 valence electrons. The highest BCUT2D eigenvalue weighted by molar-refractivity contribution is 5.38. The molecule has 0 N–H and O–H groups in total. The maximum absolute atomic E-state index is 5.44. The minimum atomic E-state index is 0.145. The Bertz CT molecular complexity index is 234. The molecule has 15 heavy (non-hydrogen) atoms. The predicted octanol–water partition coefficient (Wildman–Crippen LogP) is 4.64. The normalized spacial score (nSPS) is 17.5. The Balaban J connectivity index is 0. The number of hydrogen-bond donors (Lipinski definition) is 0. The van der Waals surface area contributed by atoms with Crippen molar-refractivity contribution >= 4 is 0 Å². The maximum atomic E-state index is 5.44. The summed E-state index contributed by atoms with van der Waals surface area (Å²) in [6.45, 7) is 17.3. The van der Waals surface area contributed by atoms with Gasteiger partial charge >= 0.3 is 0 Å². The maximum Gasteiger partial charge on any atom is 0.126 e. The van der Waals surface area contributed by atoms with Crippen LogP contribution in [0.2, 0.25) is 0 Å². The Labute approximate surface area is 94.8 Å². The largest absolute Gasteiger partial charge is 0.486 e. The summed E-state index contributed by atoms with van der Waals surface area (Å²) in [4.78, 5) is 0. The monoisotopic (exact) mass is 208 g/mol. The van der Waals surface area contributed by atoms with Gasteiger partial charge in [-0.25, -0.2) is 0 Å². The first kappa shape index (κ1) is 16.2. The lowest BCUT2D eigenvalue weighted by molar-refractivity contribution is 0.175. The molecule has 0 aromatic carbocycles. The molecule has 1 aliphatic rings. The second-order valence-electron chi connectivity index (χ2n) is 2.41. The molecule has 1 atom stereocenters. The molecule has 1 aliphatic heterocycles. The first-order valence-electron chi connectivity index (χ1n) is 5.62. The van der Waals surface area contributed by atoms with Crippen LogP contribution in [-0.4, -0.2) is 6.10 Å². The lowest BCUT2D eigenvalue weighted by atomic mass is 10.1. The van der Waals surface area contributed by atoms with E-state index in [1.165, 1.54) is 0 Å². The quantitative estimate of drug-likeness (QED) is 0.642. The van der Waals surface area contributed by atoms with Gasteiger partial charge in [0.15, 0.2) is 0 Å². The fraction of sp³-hybridized carbons (Fsp3) is 0.429. The first-order chi connectivity index (χ1) is 7.27. The highest BCUT2D eigenvalue weighted by atomic mass is 16.5. The lowest BCUT2D eigenvalue weighted by Gasteiger charge is -2.17. The van der Waals surface area contributed by atoms with Gasteiger partial charge < -0.3 is 4.74 Å². The first-order valence-corrected chi connectivity index (χ1v) is 5.62. The minimum Gasteiger partial charge on any atom is -0.486 e. The van der Waals surface area contributed by atoms with Crippen molar-refractivity contribution in [2.75, 3.05) is 0 Å². The molecule has 0 bridgehead atoms. The van der Waals surface area contributed by atoms with Gasteiger partial charge in [-0.15, -0.1) is 0 Å².